The number of hydrogen-bond donors (Lipinski definition) is 1. The van der Waals surface area contributed by atoms with Gasteiger partial charge in [-0.15, -0.1) is 11.8 Å². The van der Waals surface area contributed by atoms with Gasteiger partial charge in [0.1, 0.15) is 11.2 Å². The molecular weight excluding hydrogens is 334 g/mol. The van der Waals surface area contributed by atoms with Crippen molar-refractivity contribution in [3.63, 3.8) is 0 Å². The number of nitriles is 1. The van der Waals surface area contributed by atoms with Crippen LogP contribution < -0.4 is 5.32 Å². The summed E-state index contributed by atoms with van der Waals surface area (Å²) in [6.07, 6.45) is 1.65. The fraction of sp³-hybridized carbons (Fsp3) is 0.438. The van der Waals surface area contributed by atoms with Crippen molar-refractivity contribution < 1.29 is 9.53 Å². The summed E-state index contributed by atoms with van der Waals surface area (Å²) >= 11 is 7.20. The SMILES string of the molecule is CCOC(=O)/C(C#N)=C(\NCc1ccc(Cl)nc1)SCC(C)C. The molecule has 0 aliphatic heterocycles. The van der Waals surface area contributed by atoms with Crippen LogP contribution in [-0.2, 0) is 16.1 Å². The molecule has 0 spiro atoms. The Labute approximate surface area is 146 Å². The van der Waals surface area contributed by atoms with Gasteiger partial charge in [0, 0.05) is 18.5 Å². The molecule has 1 heterocycles. The summed E-state index contributed by atoms with van der Waals surface area (Å²) in [4.78, 5) is 15.9. The first-order chi connectivity index (χ1) is 11.0. The second kappa shape index (κ2) is 10.1. The van der Waals surface area contributed by atoms with E-state index in [4.69, 9.17) is 16.3 Å². The number of thioether (sulfide) groups is 1. The van der Waals surface area contributed by atoms with Crippen molar-refractivity contribution in [2.45, 2.75) is 27.3 Å². The van der Waals surface area contributed by atoms with Gasteiger partial charge in [-0.25, -0.2) is 9.78 Å². The first-order valence-electron chi connectivity index (χ1n) is 7.26. The van der Waals surface area contributed by atoms with Crippen molar-refractivity contribution in [2.75, 3.05) is 12.4 Å². The van der Waals surface area contributed by atoms with Gasteiger partial charge in [-0.05, 0) is 24.5 Å². The summed E-state index contributed by atoms with van der Waals surface area (Å²) in [5.74, 6) is 0.602. The first kappa shape index (κ1) is 19.3. The maximum atomic E-state index is 11.9. The zero-order chi connectivity index (χ0) is 17.2. The van der Waals surface area contributed by atoms with Gasteiger partial charge in [-0.3, -0.25) is 0 Å². The normalized spacial score (nSPS) is 11.7. The molecule has 1 aromatic heterocycles. The highest BCUT2D eigenvalue weighted by Crippen LogP contribution is 2.21. The molecule has 0 aromatic carbocycles. The molecular formula is C16H20ClN3O2S. The maximum Gasteiger partial charge on any atom is 0.351 e. The fourth-order valence-corrected chi connectivity index (χ4v) is 2.61. The van der Waals surface area contributed by atoms with Gasteiger partial charge < -0.3 is 10.1 Å². The molecule has 0 saturated heterocycles. The van der Waals surface area contributed by atoms with Crippen LogP contribution in [0.1, 0.15) is 26.3 Å². The standard InChI is InChI=1S/C16H20ClN3O2S/c1-4-22-16(21)13(7-18)15(23-10-11(2)3)20-9-12-5-6-14(17)19-8-12/h5-6,8,11,20H,4,9-10H2,1-3H3/b15-13+. The number of rotatable bonds is 8. The average Bonchev–Trinajstić information content (AvgIpc) is 2.51. The highest BCUT2D eigenvalue weighted by atomic mass is 35.5. The molecule has 5 nitrogen and oxygen atoms in total. The molecule has 1 aromatic rings. The third-order valence-corrected chi connectivity index (χ3v) is 4.32. The monoisotopic (exact) mass is 353 g/mol. The Morgan fingerprint density at radius 2 is 2.26 bits per heavy atom. The summed E-state index contributed by atoms with van der Waals surface area (Å²) in [6, 6.07) is 5.47. The summed E-state index contributed by atoms with van der Waals surface area (Å²) < 4.78 is 4.95. The third-order valence-electron chi connectivity index (χ3n) is 2.62. The van der Waals surface area contributed by atoms with Crippen LogP contribution in [0.4, 0.5) is 0 Å². The zero-order valence-electron chi connectivity index (χ0n) is 13.4. The minimum absolute atomic E-state index is 0.000535. The lowest BCUT2D eigenvalue weighted by atomic mass is 10.3. The molecule has 0 amide bonds. The number of nitrogens with zero attached hydrogens (tertiary/aromatic N) is 2. The van der Waals surface area contributed by atoms with Gasteiger partial charge in [0.05, 0.1) is 11.6 Å². The molecule has 0 bridgehead atoms. The van der Waals surface area contributed by atoms with Crippen molar-refractivity contribution in [1.29, 1.82) is 5.26 Å². The molecule has 0 aliphatic carbocycles. The number of hydrogen-bond acceptors (Lipinski definition) is 6. The van der Waals surface area contributed by atoms with E-state index in [0.717, 1.165) is 11.3 Å². The van der Waals surface area contributed by atoms with Crippen molar-refractivity contribution in [3.8, 4) is 6.07 Å². The second-order valence-corrected chi connectivity index (χ2v) is 6.50. The van der Waals surface area contributed by atoms with Crippen molar-refractivity contribution in [3.05, 3.63) is 39.6 Å². The van der Waals surface area contributed by atoms with E-state index >= 15 is 0 Å². The van der Waals surface area contributed by atoms with E-state index < -0.39 is 5.97 Å². The Morgan fingerprint density at radius 1 is 1.52 bits per heavy atom. The van der Waals surface area contributed by atoms with Crippen LogP contribution >= 0.6 is 23.4 Å². The molecule has 0 fully saturated rings. The molecule has 0 radical (unpaired) electrons. The number of esters is 1. The maximum absolute atomic E-state index is 11.9. The quantitative estimate of drug-likeness (QED) is 0.333. The van der Waals surface area contributed by atoms with E-state index in [2.05, 4.69) is 24.1 Å². The Morgan fingerprint density at radius 3 is 2.78 bits per heavy atom. The van der Waals surface area contributed by atoms with Gasteiger partial charge in [-0.2, -0.15) is 5.26 Å². The lowest BCUT2D eigenvalue weighted by molar-refractivity contribution is -0.138. The van der Waals surface area contributed by atoms with E-state index in [-0.39, 0.29) is 12.2 Å². The van der Waals surface area contributed by atoms with Crippen LogP contribution in [0.25, 0.3) is 0 Å². The van der Waals surface area contributed by atoms with E-state index in [0.29, 0.717) is 22.6 Å². The smallest absolute Gasteiger partial charge is 0.351 e. The summed E-state index contributed by atoms with van der Waals surface area (Å²) in [6.45, 7) is 6.53. The Balaban J connectivity index is 2.92. The number of ether oxygens (including phenoxy) is 1. The van der Waals surface area contributed by atoms with E-state index in [9.17, 15) is 10.1 Å². The molecule has 0 unspecified atom stereocenters. The minimum Gasteiger partial charge on any atom is -0.462 e. The largest absolute Gasteiger partial charge is 0.462 e. The number of halogens is 1. The lowest BCUT2D eigenvalue weighted by Crippen LogP contribution is -2.18. The molecule has 0 aliphatic rings. The molecule has 0 saturated carbocycles. The Hall–Kier alpha value is -1.71. The average molecular weight is 354 g/mol. The van der Waals surface area contributed by atoms with Crippen LogP contribution in [0.5, 0.6) is 0 Å². The van der Waals surface area contributed by atoms with Crippen LogP contribution in [0.2, 0.25) is 5.15 Å². The van der Waals surface area contributed by atoms with E-state index in [1.807, 2.05) is 12.1 Å². The molecule has 1 N–H and O–H groups in total. The number of pyridine rings is 1. The van der Waals surface area contributed by atoms with Gasteiger partial charge in [0.25, 0.3) is 0 Å². The Kier molecular flexibility index (Phi) is 8.52. The van der Waals surface area contributed by atoms with E-state index in [1.165, 1.54) is 11.8 Å². The predicted molar refractivity (Wildman–Crippen MR) is 92.7 cm³/mol. The van der Waals surface area contributed by atoms with E-state index in [1.54, 1.807) is 19.2 Å². The fourth-order valence-electron chi connectivity index (χ4n) is 1.55. The van der Waals surface area contributed by atoms with Gasteiger partial charge in [-0.1, -0.05) is 31.5 Å². The minimum atomic E-state index is -0.608. The summed E-state index contributed by atoms with van der Waals surface area (Å²) in [7, 11) is 0. The third kappa shape index (κ3) is 6.93. The molecule has 1 rings (SSSR count). The summed E-state index contributed by atoms with van der Waals surface area (Å²) in [5, 5.41) is 13.4. The van der Waals surface area contributed by atoms with Crippen LogP contribution in [0.3, 0.4) is 0 Å². The second-order valence-electron chi connectivity index (χ2n) is 5.08. The first-order valence-corrected chi connectivity index (χ1v) is 8.62. The number of carbonyl (C=O) groups is 1. The van der Waals surface area contributed by atoms with Gasteiger partial charge >= 0.3 is 5.97 Å². The lowest BCUT2D eigenvalue weighted by Gasteiger charge is -2.14. The zero-order valence-corrected chi connectivity index (χ0v) is 15.0. The number of aromatic nitrogens is 1. The van der Waals surface area contributed by atoms with Gasteiger partial charge in [0.15, 0.2) is 5.57 Å². The van der Waals surface area contributed by atoms with Crippen LogP contribution in [0.15, 0.2) is 28.9 Å². The van der Waals surface area contributed by atoms with Crippen molar-refractivity contribution in [2.24, 2.45) is 5.92 Å². The number of nitrogens with one attached hydrogen (secondary N) is 1. The molecule has 23 heavy (non-hydrogen) atoms. The predicted octanol–water partition coefficient (Wildman–Crippen LogP) is 3.51. The highest BCUT2D eigenvalue weighted by Gasteiger charge is 2.17. The Bertz CT molecular complexity index is 594. The topological polar surface area (TPSA) is 75.0 Å². The molecule has 7 heteroatoms. The number of carbonyl (C=O) groups excluding carboxylic acids is 1. The molecule has 0 atom stereocenters. The summed E-state index contributed by atoms with van der Waals surface area (Å²) in [5.41, 5.74) is 0.901. The molecule has 124 valence electrons. The highest BCUT2D eigenvalue weighted by molar-refractivity contribution is 8.03. The van der Waals surface area contributed by atoms with Crippen LogP contribution in [0, 0.1) is 17.2 Å². The van der Waals surface area contributed by atoms with Crippen LogP contribution in [-0.4, -0.2) is 23.3 Å². The van der Waals surface area contributed by atoms with Gasteiger partial charge in [0.2, 0.25) is 0 Å². The van der Waals surface area contributed by atoms with Crippen molar-refractivity contribution in [1.82, 2.24) is 10.3 Å². The van der Waals surface area contributed by atoms with Crippen molar-refractivity contribution >= 4 is 29.3 Å².